The Labute approximate surface area is 87.8 Å². The predicted molar refractivity (Wildman–Crippen MR) is 53.3 cm³/mol. The van der Waals surface area contributed by atoms with E-state index in [1.807, 2.05) is 0 Å². The van der Waals surface area contributed by atoms with Crippen LogP contribution in [0, 0.1) is 5.82 Å². The molecule has 0 heterocycles. The summed E-state index contributed by atoms with van der Waals surface area (Å²) < 4.78 is 22.6. The maximum absolute atomic E-state index is 12.8. The lowest BCUT2D eigenvalue weighted by Crippen LogP contribution is -2.08. The summed E-state index contributed by atoms with van der Waals surface area (Å²) in [5, 5.41) is 0. The van der Waals surface area contributed by atoms with E-state index in [1.165, 1.54) is 25.3 Å². The molecule has 82 valence electrons. The third-order valence-corrected chi connectivity index (χ3v) is 1.89. The summed E-state index contributed by atoms with van der Waals surface area (Å²) in [7, 11) is 1.43. The molecule has 0 atom stereocenters. The highest BCUT2D eigenvalue weighted by Gasteiger charge is 2.09. The second kappa shape index (κ2) is 5.34. The number of halogens is 1. The molecule has 0 aliphatic heterocycles. The number of benzene rings is 1. The van der Waals surface area contributed by atoms with E-state index in [9.17, 15) is 9.18 Å². The van der Waals surface area contributed by atoms with E-state index in [0.717, 1.165) is 0 Å². The SMILES string of the molecule is CCOC(=O)Cc1ccc(F)cc1OC. The highest BCUT2D eigenvalue weighted by molar-refractivity contribution is 5.73. The van der Waals surface area contributed by atoms with Crippen LogP contribution in [0.5, 0.6) is 5.75 Å². The summed E-state index contributed by atoms with van der Waals surface area (Å²) in [4.78, 5) is 11.2. The molecule has 0 aliphatic rings. The second-order valence-corrected chi connectivity index (χ2v) is 2.94. The van der Waals surface area contributed by atoms with Crippen LogP contribution in [0.1, 0.15) is 12.5 Å². The molecule has 3 nitrogen and oxygen atoms in total. The highest BCUT2D eigenvalue weighted by Crippen LogP contribution is 2.20. The normalized spacial score (nSPS) is 9.80. The molecule has 4 heteroatoms. The van der Waals surface area contributed by atoms with Crippen LogP contribution in [-0.2, 0) is 16.0 Å². The Balaban J connectivity index is 2.80. The fourth-order valence-electron chi connectivity index (χ4n) is 1.23. The standard InChI is InChI=1S/C11H13FO3/c1-3-15-11(13)6-8-4-5-9(12)7-10(8)14-2/h4-5,7H,3,6H2,1-2H3. The Hall–Kier alpha value is -1.58. The molecule has 1 rings (SSSR count). The zero-order chi connectivity index (χ0) is 11.3. The lowest BCUT2D eigenvalue weighted by atomic mass is 10.1. The van der Waals surface area contributed by atoms with Crippen molar-refractivity contribution in [2.24, 2.45) is 0 Å². The molecule has 0 aliphatic carbocycles. The van der Waals surface area contributed by atoms with Crippen LogP contribution in [0.4, 0.5) is 4.39 Å². The number of carbonyl (C=O) groups is 1. The van der Waals surface area contributed by atoms with Crippen LogP contribution in [-0.4, -0.2) is 19.7 Å². The molecule has 15 heavy (non-hydrogen) atoms. The van der Waals surface area contributed by atoms with Crippen LogP contribution in [0.25, 0.3) is 0 Å². The number of ether oxygens (including phenoxy) is 2. The van der Waals surface area contributed by atoms with Crippen molar-refractivity contribution in [3.63, 3.8) is 0 Å². The zero-order valence-electron chi connectivity index (χ0n) is 8.75. The van der Waals surface area contributed by atoms with Crippen molar-refractivity contribution in [2.45, 2.75) is 13.3 Å². The largest absolute Gasteiger partial charge is 0.496 e. The number of methoxy groups -OCH3 is 1. The van der Waals surface area contributed by atoms with E-state index in [4.69, 9.17) is 9.47 Å². The van der Waals surface area contributed by atoms with Gasteiger partial charge in [0.25, 0.3) is 0 Å². The molecule has 0 unspecified atom stereocenters. The molecule has 0 radical (unpaired) electrons. The summed E-state index contributed by atoms with van der Waals surface area (Å²) in [5.74, 6) is -0.370. The molecular formula is C11H13FO3. The third kappa shape index (κ3) is 3.23. The Morgan fingerprint density at radius 2 is 2.20 bits per heavy atom. The third-order valence-electron chi connectivity index (χ3n) is 1.89. The topological polar surface area (TPSA) is 35.5 Å². The van der Waals surface area contributed by atoms with Crippen LogP contribution in [0.15, 0.2) is 18.2 Å². The minimum absolute atomic E-state index is 0.0945. The van der Waals surface area contributed by atoms with Gasteiger partial charge >= 0.3 is 5.97 Å². The zero-order valence-corrected chi connectivity index (χ0v) is 8.75. The summed E-state index contributed by atoms with van der Waals surface area (Å²) in [6, 6.07) is 4.05. The summed E-state index contributed by atoms with van der Waals surface area (Å²) in [6.07, 6.45) is 0.0945. The van der Waals surface area contributed by atoms with Gasteiger partial charge in [-0.3, -0.25) is 4.79 Å². The molecular weight excluding hydrogens is 199 g/mol. The second-order valence-electron chi connectivity index (χ2n) is 2.94. The molecule has 0 saturated heterocycles. The maximum atomic E-state index is 12.8. The number of carbonyl (C=O) groups excluding carboxylic acids is 1. The van der Waals surface area contributed by atoms with Crippen LogP contribution >= 0.6 is 0 Å². The Kier molecular flexibility index (Phi) is 4.09. The van der Waals surface area contributed by atoms with Crippen molar-refractivity contribution in [3.05, 3.63) is 29.6 Å². The molecule has 0 spiro atoms. The van der Waals surface area contributed by atoms with E-state index in [2.05, 4.69) is 0 Å². The van der Waals surface area contributed by atoms with Crippen LogP contribution in [0.3, 0.4) is 0 Å². The van der Waals surface area contributed by atoms with E-state index in [-0.39, 0.29) is 18.2 Å². The first-order valence-electron chi connectivity index (χ1n) is 4.65. The van der Waals surface area contributed by atoms with E-state index in [0.29, 0.717) is 17.9 Å². The van der Waals surface area contributed by atoms with E-state index >= 15 is 0 Å². The maximum Gasteiger partial charge on any atom is 0.310 e. The minimum atomic E-state index is -0.389. The molecule has 0 N–H and O–H groups in total. The van der Waals surface area contributed by atoms with Crippen molar-refractivity contribution in [2.75, 3.05) is 13.7 Å². The molecule has 1 aromatic rings. The minimum Gasteiger partial charge on any atom is -0.496 e. The lowest BCUT2D eigenvalue weighted by Gasteiger charge is -2.07. The van der Waals surface area contributed by atoms with Gasteiger partial charge in [-0.1, -0.05) is 6.07 Å². The molecule has 0 fully saturated rings. The predicted octanol–water partition coefficient (Wildman–Crippen LogP) is 1.94. The highest BCUT2D eigenvalue weighted by atomic mass is 19.1. The smallest absolute Gasteiger partial charge is 0.310 e. The van der Waals surface area contributed by atoms with Crippen molar-refractivity contribution < 1.29 is 18.7 Å². The van der Waals surface area contributed by atoms with Crippen molar-refractivity contribution in [3.8, 4) is 5.75 Å². The molecule has 0 aromatic heterocycles. The van der Waals surface area contributed by atoms with Gasteiger partial charge in [0, 0.05) is 11.6 Å². The van der Waals surface area contributed by atoms with Gasteiger partial charge in [-0.05, 0) is 13.0 Å². The van der Waals surface area contributed by atoms with Gasteiger partial charge < -0.3 is 9.47 Å². The first-order chi connectivity index (χ1) is 7.17. The van der Waals surface area contributed by atoms with Gasteiger partial charge in [0.1, 0.15) is 11.6 Å². The molecule has 0 bridgehead atoms. The summed E-state index contributed by atoms with van der Waals surface area (Å²) >= 11 is 0. The van der Waals surface area contributed by atoms with Gasteiger partial charge in [-0.25, -0.2) is 4.39 Å². The van der Waals surface area contributed by atoms with Gasteiger partial charge in [0.05, 0.1) is 20.1 Å². The average molecular weight is 212 g/mol. The molecule has 1 aromatic carbocycles. The van der Waals surface area contributed by atoms with Crippen LogP contribution < -0.4 is 4.74 Å². The Morgan fingerprint density at radius 3 is 2.80 bits per heavy atom. The Morgan fingerprint density at radius 1 is 1.47 bits per heavy atom. The number of esters is 1. The summed E-state index contributed by atoms with van der Waals surface area (Å²) in [5.41, 5.74) is 0.623. The fourth-order valence-corrected chi connectivity index (χ4v) is 1.23. The van der Waals surface area contributed by atoms with Gasteiger partial charge in [0.2, 0.25) is 0 Å². The quantitative estimate of drug-likeness (QED) is 0.715. The molecule has 0 saturated carbocycles. The monoisotopic (exact) mass is 212 g/mol. The first-order valence-corrected chi connectivity index (χ1v) is 4.65. The Bertz CT molecular complexity index is 350. The van der Waals surface area contributed by atoms with Gasteiger partial charge in [-0.2, -0.15) is 0 Å². The summed E-state index contributed by atoms with van der Waals surface area (Å²) in [6.45, 7) is 2.07. The van der Waals surface area contributed by atoms with Crippen LogP contribution in [0.2, 0.25) is 0 Å². The van der Waals surface area contributed by atoms with Crippen molar-refractivity contribution >= 4 is 5.97 Å². The fraction of sp³-hybridized carbons (Fsp3) is 0.364. The van der Waals surface area contributed by atoms with Gasteiger partial charge in [0.15, 0.2) is 0 Å². The lowest BCUT2D eigenvalue weighted by molar-refractivity contribution is -0.142. The van der Waals surface area contributed by atoms with Crippen molar-refractivity contribution in [1.29, 1.82) is 0 Å². The van der Waals surface area contributed by atoms with E-state index in [1.54, 1.807) is 6.92 Å². The van der Waals surface area contributed by atoms with Crippen molar-refractivity contribution in [1.82, 2.24) is 0 Å². The number of rotatable bonds is 4. The van der Waals surface area contributed by atoms with Gasteiger partial charge in [-0.15, -0.1) is 0 Å². The number of hydrogen-bond acceptors (Lipinski definition) is 3. The van der Waals surface area contributed by atoms with E-state index < -0.39 is 0 Å². The first kappa shape index (κ1) is 11.5. The molecule has 0 amide bonds. The average Bonchev–Trinajstić information content (AvgIpc) is 2.21. The number of hydrogen-bond donors (Lipinski definition) is 0.